The molecule has 2 heteroatoms. The lowest BCUT2D eigenvalue weighted by molar-refractivity contribution is 0.897. The predicted octanol–water partition coefficient (Wildman–Crippen LogP) is 14.5. The van der Waals surface area contributed by atoms with Gasteiger partial charge in [-0.15, -0.1) is 0 Å². The van der Waals surface area contributed by atoms with Crippen molar-refractivity contribution >= 4 is 44.4 Å². The van der Waals surface area contributed by atoms with E-state index in [4.69, 9.17) is 0 Å². The van der Waals surface area contributed by atoms with Crippen molar-refractivity contribution in [3.63, 3.8) is 0 Å². The van der Waals surface area contributed by atoms with Crippen LogP contribution in [-0.4, -0.2) is 9.13 Å². The Morgan fingerprint density at radius 2 is 0.914 bits per heavy atom. The van der Waals surface area contributed by atoms with Gasteiger partial charge < -0.3 is 9.13 Å². The minimum Gasteiger partial charge on any atom is -0.313 e. The van der Waals surface area contributed by atoms with Crippen LogP contribution >= 0.6 is 0 Å². The summed E-state index contributed by atoms with van der Waals surface area (Å²) in [5.41, 5.74) is 28.2. The number of hydrogen-bond donors (Lipinski definition) is 0. The number of aryl methyl sites for hydroxylation is 6. The molecular weight excluding hydrogens is 701 g/mol. The van der Waals surface area contributed by atoms with Crippen LogP contribution in [0.5, 0.6) is 0 Å². The van der Waals surface area contributed by atoms with Gasteiger partial charge in [-0.05, 0) is 212 Å². The summed E-state index contributed by atoms with van der Waals surface area (Å²) in [4.78, 5) is 0. The van der Waals surface area contributed by atoms with E-state index >= 15 is 0 Å². The van der Waals surface area contributed by atoms with Crippen molar-refractivity contribution in [2.24, 2.45) is 0 Å². The minimum atomic E-state index is 1.01. The van der Waals surface area contributed by atoms with Gasteiger partial charge in [-0.3, -0.25) is 0 Å². The second-order valence-electron chi connectivity index (χ2n) is 17.1. The van der Waals surface area contributed by atoms with E-state index in [1.165, 1.54) is 133 Å². The van der Waals surface area contributed by atoms with Gasteiger partial charge in [0.05, 0.1) is 16.6 Å². The smallest absolute Gasteiger partial charge is 0.0547 e. The van der Waals surface area contributed by atoms with Crippen molar-refractivity contribution in [1.82, 2.24) is 9.13 Å². The Morgan fingerprint density at radius 3 is 1.52 bits per heavy atom. The number of allylic oxidation sites excluding steroid dienone is 1. The lowest BCUT2D eigenvalue weighted by atomic mass is 9.83. The van der Waals surface area contributed by atoms with Crippen molar-refractivity contribution in [2.75, 3.05) is 0 Å². The summed E-state index contributed by atoms with van der Waals surface area (Å²) in [6, 6.07) is 48.6. The number of nitrogens with zero attached hydrogens (tertiary/aromatic N) is 2. The Balaban J connectivity index is 1.14. The molecule has 282 valence electrons. The maximum Gasteiger partial charge on any atom is 0.0547 e. The molecule has 2 aromatic heterocycles. The molecule has 9 aromatic rings. The van der Waals surface area contributed by atoms with Crippen molar-refractivity contribution in [3.05, 3.63) is 189 Å². The van der Waals surface area contributed by atoms with Crippen LogP contribution in [0.1, 0.15) is 67.7 Å². The third-order valence-corrected chi connectivity index (χ3v) is 13.8. The van der Waals surface area contributed by atoms with Crippen molar-refractivity contribution in [1.29, 1.82) is 0 Å². The summed E-state index contributed by atoms with van der Waals surface area (Å²) in [7, 11) is 0. The SMILES string of the molecule is Cc1cc(C2=Cc3c(n(-c4ccccc4)c4cc5c(cc34)CCc3cc4c6cc(-c7cc(C)c(C)c(C)c7)ccc6n(-c6ccccc6)c4cc3-5)CC2)cc(C)c1C. The molecule has 0 N–H and O–H groups in total. The first-order valence-corrected chi connectivity index (χ1v) is 21.0. The molecule has 58 heavy (non-hydrogen) atoms. The molecule has 0 bridgehead atoms. The van der Waals surface area contributed by atoms with Crippen LogP contribution in [-0.2, 0) is 19.3 Å². The highest BCUT2D eigenvalue weighted by atomic mass is 15.0. The van der Waals surface area contributed by atoms with E-state index in [2.05, 4.69) is 184 Å². The largest absolute Gasteiger partial charge is 0.313 e. The van der Waals surface area contributed by atoms with Crippen molar-refractivity contribution in [3.8, 4) is 33.6 Å². The zero-order chi connectivity index (χ0) is 39.4. The number of aromatic nitrogens is 2. The highest BCUT2D eigenvalue weighted by Gasteiger charge is 2.27. The molecule has 2 aliphatic rings. The van der Waals surface area contributed by atoms with Crippen LogP contribution in [0, 0.1) is 41.5 Å². The van der Waals surface area contributed by atoms with Gasteiger partial charge in [0.25, 0.3) is 0 Å². The van der Waals surface area contributed by atoms with Gasteiger partial charge in [0.15, 0.2) is 0 Å². The summed E-state index contributed by atoms with van der Waals surface area (Å²) >= 11 is 0. The fraction of sp³-hybridized carbons (Fsp3) is 0.179. The van der Waals surface area contributed by atoms with Gasteiger partial charge >= 0.3 is 0 Å². The standard InChI is InChI=1S/C56H48N2/c1-33-23-43(24-34(2)37(33)5)39-19-21-53-49(27-39)51-29-41-17-18-42-30-52-50-28-40(44-25-35(3)38(6)36(4)26-44)20-22-54(50)58(46-15-11-8-12-16-46)56(52)32-48(42)47(41)31-55(51)57(53)45-13-9-7-10-14-45/h7-16,19,21,23-32H,17-18,20,22H2,1-6H3. The highest BCUT2D eigenvalue weighted by molar-refractivity contribution is 6.12. The third kappa shape index (κ3) is 5.31. The zero-order valence-electron chi connectivity index (χ0n) is 34.4. The summed E-state index contributed by atoms with van der Waals surface area (Å²) in [5.74, 6) is 0. The van der Waals surface area contributed by atoms with E-state index in [1.807, 2.05) is 0 Å². The van der Waals surface area contributed by atoms with Gasteiger partial charge in [-0.1, -0.05) is 66.7 Å². The first-order valence-electron chi connectivity index (χ1n) is 21.0. The van der Waals surface area contributed by atoms with E-state index in [0.29, 0.717) is 0 Å². The molecule has 7 aromatic carbocycles. The van der Waals surface area contributed by atoms with E-state index in [0.717, 1.165) is 25.7 Å². The highest BCUT2D eigenvalue weighted by Crippen LogP contribution is 2.46. The molecule has 0 atom stereocenters. The van der Waals surface area contributed by atoms with Crippen LogP contribution in [0.3, 0.4) is 0 Å². The lowest BCUT2D eigenvalue weighted by Crippen LogP contribution is -2.06. The molecule has 0 fully saturated rings. The van der Waals surface area contributed by atoms with Crippen LogP contribution in [0.2, 0.25) is 0 Å². The Hall–Kier alpha value is -6.38. The van der Waals surface area contributed by atoms with E-state index in [1.54, 1.807) is 0 Å². The van der Waals surface area contributed by atoms with Crippen molar-refractivity contribution in [2.45, 2.75) is 67.2 Å². The molecule has 2 aliphatic carbocycles. The Bertz CT molecular complexity index is 3160. The molecule has 11 rings (SSSR count). The average Bonchev–Trinajstić information content (AvgIpc) is 3.74. The summed E-state index contributed by atoms with van der Waals surface area (Å²) in [6.45, 7) is 13.4. The average molecular weight is 749 g/mol. The first-order chi connectivity index (χ1) is 28.2. The maximum atomic E-state index is 2.56. The van der Waals surface area contributed by atoms with Crippen molar-refractivity contribution < 1.29 is 0 Å². The zero-order valence-corrected chi connectivity index (χ0v) is 34.4. The topological polar surface area (TPSA) is 9.86 Å². The molecule has 0 saturated heterocycles. The number of fused-ring (bicyclic) bond motifs is 9. The summed E-state index contributed by atoms with van der Waals surface area (Å²) in [5, 5.41) is 4.00. The summed E-state index contributed by atoms with van der Waals surface area (Å²) < 4.78 is 5.05. The second-order valence-corrected chi connectivity index (χ2v) is 17.1. The Kier molecular flexibility index (Phi) is 7.86. The van der Waals surface area contributed by atoms with Crippen LogP contribution in [0.4, 0.5) is 0 Å². The van der Waals surface area contributed by atoms with E-state index < -0.39 is 0 Å². The van der Waals surface area contributed by atoms with Gasteiger partial charge in [0.2, 0.25) is 0 Å². The monoisotopic (exact) mass is 748 g/mol. The van der Waals surface area contributed by atoms with Gasteiger partial charge in [-0.25, -0.2) is 0 Å². The fourth-order valence-electron chi connectivity index (χ4n) is 10.2. The normalized spacial score (nSPS) is 13.5. The maximum absolute atomic E-state index is 2.56. The molecule has 0 amide bonds. The molecule has 0 radical (unpaired) electrons. The number of rotatable bonds is 4. The second kappa shape index (κ2) is 13.1. The van der Waals surface area contributed by atoms with Crippen LogP contribution < -0.4 is 0 Å². The third-order valence-electron chi connectivity index (χ3n) is 13.8. The lowest BCUT2D eigenvalue weighted by Gasteiger charge is -2.22. The van der Waals surface area contributed by atoms with Gasteiger partial charge in [0, 0.05) is 38.8 Å². The molecule has 0 unspecified atom stereocenters. The number of hydrogen-bond acceptors (Lipinski definition) is 0. The number of para-hydroxylation sites is 2. The number of benzene rings is 7. The summed E-state index contributed by atoms with van der Waals surface area (Å²) in [6.07, 6.45) is 6.63. The van der Waals surface area contributed by atoms with E-state index in [9.17, 15) is 0 Å². The fourth-order valence-corrected chi connectivity index (χ4v) is 10.2. The van der Waals surface area contributed by atoms with Gasteiger partial charge in [-0.2, -0.15) is 0 Å². The van der Waals surface area contributed by atoms with Crippen LogP contribution in [0.15, 0.2) is 127 Å². The van der Waals surface area contributed by atoms with Gasteiger partial charge in [0.1, 0.15) is 0 Å². The molecule has 2 nitrogen and oxygen atoms in total. The molecule has 2 heterocycles. The molecule has 0 spiro atoms. The quantitative estimate of drug-likeness (QED) is 0.170. The predicted molar refractivity (Wildman–Crippen MR) is 247 cm³/mol. The molecular formula is C56H48N2. The van der Waals surface area contributed by atoms with Crippen LogP contribution in [0.25, 0.3) is 78.0 Å². The minimum absolute atomic E-state index is 1.01. The molecule has 0 saturated carbocycles. The Morgan fingerprint density at radius 1 is 0.397 bits per heavy atom. The Labute approximate surface area is 341 Å². The molecule has 0 aliphatic heterocycles. The van der Waals surface area contributed by atoms with E-state index in [-0.39, 0.29) is 0 Å². The first kappa shape index (κ1) is 34.8.